The van der Waals surface area contributed by atoms with Crippen molar-refractivity contribution in [2.75, 3.05) is 13.1 Å². The number of benzene rings is 1. The summed E-state index contributed by atoms with van der Waals surface area (Å²) in [5, 5.41) is 3.27. The van der Waals surface area contributed by atoms with Gasteiger partial charge in [-0.25, -0.2) is 0 Å². The van der Waals surface area contributed by atoms with Crippen LogP contribution < -0.4 is 5.32 Å². The van der Waals surface area contributed by atoms with Crippen molar-refractivity contribution < 1.29 is 18.0 Å². The highest BCUT2D eigenvalue weighted by Crippen LogP contribution is 2.34. The van der Waals surface area contributed by atoms with Gasteiger partial charge in [0.15, 0.2) is 0 Å². The highest BCUT2D eigenvalue weighted by atomic mass is 19.4. The second kappa shape index (κ2) is 5.02. The molecule has 2 heterocycles. The van der Waals surface area contributed by atoms with Crippen molar-refractivity contribution in [2.45, 2.75) is 31.6 Å². The predicted octanol–water partition coefficient (Wildman–Crippen LogP) is 2.53. The van der Waals surface area contributed by atoms with Crippen LogP contribution in [0.3, 0.4) is 0 Å². The molecule has 0 spiro atoms. The van der Waals surface area contributed by atoms with Crippen LogP contribution in [-0.2, 0) is 6.18 Å². The summed E-state index contributed by atoms with van der Waals surface area (Å²) in [5.74, 6) is 0.283. The molecule has 0 radical (unpaired) electrons. The highest BCUT2D eigenvalue weighted by Gasteiger charge is 2.44. The lowest BCUT2D eigenvalue weighted by atomic mass is 10.0. The summed E-state index contributed by atoms with van der Waals surface area (Å²) in [6, 6.07) is 4.78. The van der Waals surface area contributed by atoms with E-state index in [-0.39, 0.29) is 18.0 Å². The molecule has 2 aliphatic heterocycles. The molecule has 1 aromatic rings. The average molecular weight is 298 g/mol. The second-order valence-electron chi connectivity index (χ2n) is 5.86. The van der Waals surface area contributed by atoms with Crippen LogP contribution in [0.25, 0.3) is 0 Å². The van der Waals surface area contributed by atoms with Crippen molar-refractivity contribution in [3.8, 4) is 0 Å². The minimum atomic E-state index is -4.37. The molecular formula is C15H17F3N2O. The molecule has 3 atom stereocenters. The Morgan fingerprint density at radius 2 is 1.90 bits per heavy atom. The first-order valence-electron chi connectivity index (χ1n) is 7.08. The standard InChI is InChI=1S/C15H17F3N2O/c1-9-6-11-7-19-8-13(11)20(9)14(21)10-2-4-12(5-3-10)15(16,17)18/h2-5,9,11,13,19H,6-8H2,1H3. The Bertz CT molecular complexity index is 541. The van der Waals surface area contributed by atoms with Gasteiger partial charge in [0, 0.05) is 30.7 Å². The van der Waals surface area contributed by atoms with E-state index < -0.39 is 11.7 Å². The van der Waals surface area contributed by atoms with Gasteiger partial charge in [-0.3, -0.25) is 4.79 Å². The number of nitrogens with zero attached hydrogens (tertiary/aromatic N) is 1. The van der Waals surface area contributed by atoms with Gasteiger partial charge in [0.2, 0.25) is 0 Å². The maximum atomic E-state index is 12.6. The number of hydrogen-bond acceptors (Lipinski definition) is 2. The Balaban J connectivity index is 1.82. The van der Waals surface area contributed by atoms with E-state index in [2.05, 4.69) is 5.32 Å². The van der Waals surface area contributed by atoms with E-state index in [9.17, 15) is 18.0 Å². The third-order valence-electron chi connectivity index (χ3n) is 4.47. The van der Waals surface area contributed by atoms with Crippen molar-refractivity contribution in [1.29, 1.82) is 0 Å². The van der Waals surface area contributed by atoms with Crippen molar-refractivity contribution >= 4 is 5.91 Å². The van der Waals surface area contributed by atoms with Gasteiger partial charge in [-0.15, -0.1) is 0 Å². The zero-order valence-corrected chi connectivity index (χ0v) is 11.7. The number of carbonyl (C=O) groups is 1. The lowest BCUT2D eigenvalue weighted by Crippen LogP contribution is -2.42. The fourth-order valence-corrected chi connectivity index (χ4v) is 3.47. The number of fused-ring (bicyclic) bond motifs is 1. The summed E-state index contributed by atoms with van der Waals surface area (Å²) < 4.78 is 37.7. The van der Waals surface area contributed by atoms with Gasteiger partial charge >= 0.3 is 6.18 Å². The van der Waals surface area contributed by atoms with Crippen LogP contribution in [-0.4, -0.2) is 36.0 Å². The lowest BCUT2D eigenvalue weighted by Gasteiger charge is -2.27. The first-order chi connectivity index (χ1) is 9.88. The molecule has 1 N–H and O–H groups in total. The average Bonchev–Trinajstić information content (AvgIpc) is 2.97. The molecule has 0 bridgehead atoms. The van der Waals surface area contributed by atoms with Gasteiger partial charge in [-0.05, 0) is 43.5 Å². The lowest BCUT2D eigenvalue weighted by molar-refractivity contribution is -0.137. The van der Waals surface area contributed by atoms with Gasteiger partial charge < -0.3 is 10.2 Å². The minimum Gasteiger partial charge on any atom is -0.331 e. The van der Waals surface area contributed by atoms with Crippen LogP contribution in [0, 0.1) is 5.92 Å². The highest BCUT2D eigenvalue weighted by molar-refractivity contribution is 5.95. The summed E-state index contributed by atoms with van der Waals surface area (Å²) in [7, 11) is 0. The maximum absolute atomic E-state index is 12.6. The maximum Gasteiger partial charge on any atom is 0.416 e. The van der Waals surface area contributed by atoms with Crippen LogP contribution in [0.2, 0.25) is 0 Å². The van der Waals surface area contributed by atoms with Crippen molar-refractivity contribution in [3.05, 3.63) is 35.4 Å². The van der Waals surface area contributed by atoms with Gasteiger partial charge in [0.1, 0.15) is 0 Å². The monoisotopic (exact) mass is 298 g/mol. The zero-order chi connectivity index (χ0) is 15.2. The van der Waals surface area contributed by atoms with E-state index in [0.717, 1.165) is 31.6 Å². The van der Waals surface area contributed by atoms with Crippen molar-refractivity contribution in [2.24, 2.45) is 5.92 Å². The molecule has 6 heteroatoms. The number of alkyl halides is 3. The Kier molecular flexibility index (Phi) is 3.43. The molecule has 1 amide bonds. The third kappa shape index (κ3) is 2.52. The third-order valence-corrected chi connectivity index (χ3v) is 4.47. The van der Waals surface area contributed by atoms with Gasteiger partial charge in [-0.2, -0.15) is 13.2 Å². The quantitative estimate of drug-likeness (QED) is 0.864. The second-order valence-corrected chi connectivity index (χ2v) is 5.86. The van der Waals surface area contributed by atoms with E-state index >= 15 is 0 Å². The molecule has 2 aliphatic rings. The van der Waals surface area contributed by atoms with Crippen LogP contribution in [0.5, 0.6) is 0 Å². The summed E-state index contributed by atoms with van der Waals surface area (Å²) in [4.78, 5) is 14.4. The number of nitrogens with one attached hydrogen (secondary N) is 1. The number of likely N-dealkylation sites (tertiary alicyclic amines) is 1. The van der Waals surface area contributed by atoms with Crippen molar-refractivity contribution in [1.82, 2.24) is 10.2 Å². The fourth-order valence-electron chi connectivity index (χ4n) is 3.47. The van der Waals surface area contributed by atoms with Gasteiger partial charge in [0.25, 0.3) is 5.91 Å². The molecule has 0 aromatic heterocycles. The van der Waals surface area contributed by atoms with Gasteiger partial charge in [0.05, 0.1) is 5.56 Å². The number of amides is 1. The molecule has 0 saturated carbocycles. The zero-order valence-electron chi connectivity index (χ0n) is 11.7. The molecule has 3 unspecified atom stereocenters. The van der Waals surface area contributed by atoms with Gasteiger partial charge in [-0.1, -0.05) is 0 Å². The molecule has 114 valence electrons. The largest absolute Gasteiger partial charge is 0.416 e. The Morgan fingerprint density at radius 3 is 2.52 bits per heavy atom. The molecule has 21 heavy (non-hydrogen) atoms. The number of carbonyl (C=O) groups excluding carboxylic acids is 1. The molecule has 0 aliphatic carbocycles. The Hall–Kier alpha value is -1.56. The van der Waals surface area contributed by atoms with E-state index in [0.29, 0.717) is 11.5 Å². The summed E-state index contributed by atoms with van der Waals surface area (Å²) in [6.45, 7) is 3.67. The predicted molar refractivity (Wildman–Crippen MR) is 71.8 cm³/mol. The normalized spacial score (nSPS) is 28.8. The molecule has 2 fully saturated rings. The topological polar surface area (TPSA) is 32.3 Å². The van der Waals surface area contributed by atoms with E-state index in [1.54, 1.807) is 0 Å². The Morgan fingerprint density at radius 1 is 1.24 bits per heavy atom. The number of halogens is 3. The van der Waals surface area contributed by atoms with Crippen LogP contribution in [0.15, 0.2) is 24.3 Å². The number of rotatable bonds is 1. The molecule has 1 aromatic carbocycles. The van der Waals surface area contributed by atoms with Crippen LogP contribution in [0.1, 0.15) is 29.3 Å². The number of hydrogen-bond donors (Lipinski definition) is 1. The first-order valence-corrected chi connectivity index (χ1v) is 7.08. The fraction of sp³-hybridized carbons (Fsp3) is 0.533. The molecular weight excluding hydrogens is 281 g/mol. The SMILES string of the molecule is CC1CC2CNCC2N1C(=O)c1ccc(C(F)(F)F)cc1. The smallest absolute Gasteiger partial charge is 0.331 e. The molecule has 3 rings (SSSR count). The Labute approximate surface area is 121 Å². The summed E-state index contributed by atoms with van der Waals surface area (Å²) >= 11 is 0. The minimum absolute atomic E-state index is 0.136. The van der Waals surface area contributed by atoms with Crippen LogP contribution >= 0.6 is 0 Å². The summed E-state index contributed by atoms with van der Waals surface area (Å²) in [6.07, 6.45) is -3.42. The van der Waals surface area contributed by atoms with E-state index in [4.69, 9.17) is 0 Å². The van der Waals surface area contributed by atoms with E-state index in [1.165, 1.54) is 12.1 Å². The van der Waals surface area contributed by atoms with Crippen molar-refractivity contribution in [3.63, 3.8) is 0 Å². The molecule has 2 saturated heterocycles. The van der Waals surface area contributed by atoms with Crippen LogP contribution in [0.4, 0.5) is 13.2 Å². The van der Waals surface area contributed by atoms with E-state index in [1.807, 2.05) is 11.8 Å². The summed E-state index contributed by atoms with van der Waals surface area (Å²) in [5.41, 5.74) is -0.406. The molecule has 3 nitrogen and oxygen atoms in total. The first kappa shape index (κ1) is 14.4.